The monoisotopic (exact) mass is 440 g/mol. The van der Waals surface area contributed by atoms with Gasteiger partial charge in [0, 0.05) is 37.6 Å². The highest BCUT2D eigenvalue weighted by Crippen LogP contribution is 2.36. The summed E-state index contributed by atoms with van der Waals surface area (Å²) < 4.78 is 70.1. The maximum absolute atomic E-state index is 12.6. The van der Waals surface area contributed by atoms with Gasteiger partial charge in [-0.25, -0.2) is 18.1 Å². The zero-order chi connectivity index (χ0) is 22.1. The van der Waals surface area contributed by atoms with Gasteiger partial charge in [0.25, 0.3) is 0 Å². The van der Waals surface area contributed by atoms with Gasteiger partial charge >= 0.3 is 6.36 Å². The van der Waals surface area contributed by atoms with Crippen molar-refractivity contribution in [3.63, 3.8) is 0 Å². The summed E-state index contributed by atoms with van der Waals surface area (Å²) in [6.07, 6.45) is -1.53. The summed E-state index contributed by atoms with van der Waals surface area (Å²) in [6, 6.07) is 9.96. The van der Waals surface area contributed by atoms with Crippen molar-refractivity contribution < 1.29 is 26.3 Å². The van der Waals surface area contributed by atoms with Crippen LogP contribution in [0.5, 0.6) is 5.75 Å². The molecule has 0 spiro atoms. The molecule has 0 aliphatic heterocycles. The normalized spacial score (nSPS) is 12.1. The van der Waals surface area contributed by atoms with Crippen LogP contribution in [0.15, 0.2) is 59.9 Å². The Morgan fingerprint density at radius 3 is 2.50 bits per heavy atom. The third-order valence-electron chi connectivity index (χ3n) is 4.33. The third kappa shape index (κ3) is 4.74. The Bertz CT molecular complexity index is 1160. The van der Waals surface area contributed by atoms with Gasteiger partial charge in [0.15, 0.2) is 0 Å². The first kappa shape index (κ1) is 21.7. The van der Waals surface area contributed by atoms with Gasteiger partial charge in [-0.3, -0.25) is 0 Å². The van der Waals surface area contributed by atoms with Crippen molar-refractivity contribution in [2.45, 2.75) is 11.3 Å². The molecule has 1 aromatic heterocycles. The predicted molar refractivity (Wildman–Crippen MR) is 106 cm³/mol. The van der Waals surface area contributed by atoms with Crippen LogP contribution in [0, 0.1) is 0 Å². The number of sulfonamides is 1. The number of aromatic nitrogens is 2. The van der Waals surface area contributed by atoms with Gasteiger partial charge in [-0.1, -0.05) is 6.07 Å². The van der Waals surface area contributed by atoms with E-state index in [0.717, 1.165) is 0 Å². The predicted octanol–water partition coefficient (Wildman–Crippen LogP) is 3.66. The first-order valence-corrected chi connectivity index (χ1v) is 10.1. The molecule has 1 N–H and O–H groups in total. The van der Waals surface area contributed by atoms with E-state index in [1.165, 1.54) is 37.4 Å². The molecule has 1 heterocycles. The van der Waals surface area contributed by atoms with Gasteiger partial charge in [-0.05, 0) is 37.4 Å². The molecule has 0 atom stereocenters. The van der Waals surface area contributed by atoms with E-state index < -0.39 is 16.4 Å². The van der Waals surface area contributed by atoms with Crippen molar-refractivity contribution >= 4 is 21.4 Å². The number of benzene rings is 2. The fraction of sp³-hybridized carbons (Fsp3) is 0.211. The van der Waals surface area contributed by atoms with E-state index in [1.54, 1.807) is 48.2 Å². The van der Waals surface area contributed by atoms with E-state index in [4.69, 9.17) is 0 Å². The molecule has 2 aromatic carbocycles. The number of imidazole rings is 1. The van der Waals surface area contributed by atoms with Gasteiger partial charge in [-0.2, -0.15) is 0 Å². The number of hydrogen-bond donors (Lipinski definition) is 1. The lowest BCUT2D eigenvalue weighted by molar-refractivity contribution is -0.274. The molecule has 0 bridgehead atoms. The molecule has 0 saturated carbocycles. The summed E-state index contributed by atoms with van der Waals surface area (Å²) in [5.74, 6) is -0.361. The molecule has 0 fully saturated rings. The number of hydrogen-bond acceptors (Lipinski definition) is 5. The van der Waals surface area contributed by atoms with Gasteiger partial charge in [0.1, 0.15) is 5.75 Å². The van der Waals surface area contributed by atoms with E-state index in [-0.39, 0.29) is 10.6 Å². The number of rotatable bonds is 6. The van der Waals surface area contributed by atoms with Crippen molar-refractivity contribution in [1.29, 1.82) is 0 Å². The second-order valence-electron chi connectivity index (χ2n) is 6.42. The smallest absolute Gasteiger partial charge is 0.406 e. The Morgan fingerprint density at radius 1 is 1.17 bits per heavy atom. The Hall–Kier alpha value is -3.05. The highest BCUT2D eigenvalue weighted by Gasteiger charge is 2.31. The molecule has 3 rings (SSSR count). The van der Waals surface area contributed by atoms with Gasteiger partial charge in [0.2, 0.25) is 10.0 Å². The number of nitrogens with zero attached hydrogens (tertiary/aromatic N) is 3. The van der Waals surface area contributed by atoms with Crippen molar-refractivity contribution in [2.24, 2.45) is 7.05 Å². The molecular formula is C19H19F3N4O3S. The van der Waals surface area contributed by atoms with Crippen molar-refractivity contribution in [3.8, 4) is 17.0 Å². The lowest BCUT2D eigenvalue weighted by Crippen LogP contribution is -2.19. The largest absolute Gasteiger partial charge is 0.573 e. The van der Waals surface area contributed by atoms with Crippen LogP contribution in [0.4, 0.5) is 24.5 Å². The van der Waals surface area contributed by atoms with Crippen LogP contribution in [0.25, 0.3) is 11.3 Å². The van der Waals surface area contributed by atoms with Crippen LogP contribution >= 0.6 is 0 Å². The van der Waals surface area contributed by atoms with Gasteiger partial charge in [-0.15, -0.1) is 13.2 Å². The average Bonchev–Trinajstić information content (AvgIpc) is 3.12. The van der Waals surface area contributed by atoms with Crippen molar-refractivity contribution in [1.82, 2.24) is 14.3 Å². The van der Waals surface area contributed by atoms with Crippen LogP contribution in [0.1, 0.15) is 0 Å². The van der Waals surface area contributed by atoms with E-state index in [1.807, 2.05) is 0 Å². The fourth-order valence-corrected chi connectivity index (χ4v) is 3.63. The molecule has 0 unspecified atom stereocenters. The van der Waals surface area contributed by atoms with Gasteiger partial charge < -0.3 is 14.2 Å². The van der Waals surface area contributed by atoms with Crippen LogP contribution in [-0.4, -0.2) is 38.4 Å². The molecular weight excluding hydrogens is 421 g/mol. The van der Waals surface area contributed by atoms with Crippen LogP contribution in [0.3, 0.4) is 0 Å². The number of ether oxygens (including phenoxy) is 1. The number of anilines is 2. The average molecular weight is 440 g/mol. The van der Waals surface area contributed by atoms with Crippen LogP contribution in [-0.2, 0) is 17.1 Å². The van der Waals surface area contributed by atoms with Crippen LogP contribution < -0.4 is 14.4 Å². The lowest BCUT2D eigenvalue weighted by atomic mass is 10.1. The Kier molecular flexibility index (Phi) is 5.77. The van der Waals surface area contributed by atoms with Crippen molar-refractivity contribution in [2.75, 3.05) is 19.0 Å². The second kappa shape index (κ2) is 8.00. The van der Waals surface area contributed by atoms with Crippen LogP contribution in [0.2, 0.25) is 0 Å². The minimum atomic E-state index is -4.81. The molecule has 7 nitrogen and oxygen atoms in total. The quantitative estimate of drug-likeness (QED) is 0.633. The second-order valence-corrected chi connectivity index (χ2v) is 8.30. The van der Waals surface area contributed by atoms with E-state index in [2.05, 4.69) is 14.4 Å². The maximum atomic E-state index is 12.6. The summed E-state index contributed by atoms with van der Waals surface area (Å²) in [7, 11) is 1.03. The standard InChI is InChI=1S/C19H19F3N4O3S/c1-23-30(27,28)15-7-8-18(16(10-15)17-11-25(2)12-24-17)26(3)13-5-4-6-14(9-13)29-19(20,21)22/h4-12,23H,1-3H3. The molecule has 160 valence electrons. The van der Waals surface area contributed by atoms with E-state index >= 15 is 0 Å². The molecule has 0 amide bonds. The van der Waals surface area contributed by atoms with Gasteiger partial charge in [0.05, 0.1) is 22.6 Å². The number of alkyl halides is 3. The Morgan fingerprint density at radius 2 is 1.90 bits per heavy atom. The third-order valence-corrected chi connectivity index (χ3v) is 5.74. The fourth-order valence-electron chi connectivity index (χ4n) is 2.88. The first-order valence-electron chi connectivity index (χ1n) is 8.65. The SMILES string of the molecule is CNS(=O)(=O)c1ccc(N(C)c2cccc(OC(F)(F)F)c2)c(-c2cn(C)cn2)c1. The highest BCUT2D eigenvalue weighted by molar-refractivity contribution is 7.89. The minimum Gasteiger partial charge on any atom is -0.406 e. The molecule has 0 aliphatic carbocycles. The van der Waals surface area contributed by atoms with Crippen molar-refractivity contribution in [3.05, 3.63) is 55.0 Å². The molecule has 11 heteroatoms. The zero-order valence-corrected chi connectivity index (χ0v) is 17.1. The summed E-state index contributed by atoms with van der Waals surface area (Å²) in [5, 5.41) is 0. The summed E-state index contributed by atoms with van der Waals surface area (Å²) in [5.41, 5.74) is 1.97. The first-order chi connectivity index (χ1) is 14.0. The highest BCUT2D eigenvalue weighted by atomic mass is 32.2. The zero-order valence-electron chi connectivity index (χ0n) is 16.3. The number of aryl methyl sites for hydroxylation is 1. The Balaban J connectivity index is 2.10. The Labute approximate surface area is 171 Å². The summed E-state index contributed by atoms with van der Waals surface area (Å²) in [6.45, 7) is 0. The molecule has 30 heavy (non-hydrogen) atoms. The molecule has 0 aliphatic rings. The molecule has 3 aromatic rings. The lowest BCUT2D eigenvalue weighted by Gasteiger charge is -2.23. The number of halogens is 3. The summed E-state index contributed by atoms with van der Waals surface area (Å²) >= 11 is 0. The van der Waals surface area contributed by atoms with E-state index in [9.17, 15) is 21.6 Å². The molecule has 0 saturated heterocycles. The summed E-state index contributed by atoms with van der Waals surface area (Å²) in [4.78, 5) is 5.95. The molecule has 0 radical (unpaired) electrons. The van der Waals surface area contributed by atoms with E-state index in [0.29, 0.717) is 22.6 Å². The minimum absolute atomic E-state index is 0.0389. The maximum Gasteiger partial charge on any atom is 0.573 e. The number of nitrogens with one attached hydrogen (secondary N) is 1. The topological polar surface area (TPSA) is 76.5 Å².